The molecule has 72 valence electrons. The Morgan fingerprint density at radius 3 is 1.33 bits per heavy atom. The first-order valence-corrected chi connectivity index (χ1v) is 4.87. The van der Waals surface area contributed by atoms with E-state index in [9.17, 15) is 0 Å². The fourth-order valence-electron chi connectivity index (χ4n) is 1.34. The Hall–Kier alpha value is -0.330. The van der Waals surface area contributed by atoms with E-state index in [-0.39, 0.29) is 5.41 Å². The maximum atomic E-state index is 2.42. The Balaban J connectivity index is 4.63. The van der Waals surface area contributed by atoms with E-state index < -0.39 is 0 Å². The lowest BCUT2D eigenvalue weighted by Gasteiger charge is -2.16. The lowest BCUT2D eigenvalue weighted by Crippen LogP contribution is -2.32. The van der Waals surface area contributed by atoms with E-state index in [4.69, 9.17) is 0 Å². The summed E-state index contributed by atoms with van der Waals surface area (Å²) >= 11 is 0. The summed E-state index contributed by atoms with van der Waals surface area (Å²) < 4.78 is 2.42. The van der Waals surface area contributed by atoms with Crippen LogP contribution in [0.15, 0.2) is 0 Å². The molecule has 0 aliphatic carbocycles. The fourth-order valence-corrected chi connectivity index (χ4v) is 1.34. The normalized spacial score (nSPS) is 12.4. The van der Waals surface area contributed by atoms with Crippen molar-refractivity contribution >= 4 is 6.21 Å². The van der Waals surface area contributed by atoms with Crippen LogP contribution in [0.2, 0.25) is 0 Å². The van der Waals surface area contributed by atoms with Crippen LogP contribution in [0.5, 0.6) is 0 Å². The Kier molecular flexibility index (Phi) is 3.95. The van der Waals surface area contributed by atoms with Crippen molar-refractivity contribution in [3.63, 3.8) is 0 Å². The number of nitrogens with zero attached hydrogens (tertiary/aromatic N) is 1. The summed E-state index contributed by atoms with van der Waals surface area (Å²) in [7, 11) is 0. The summed E-state index contributed by atoms with van der Waals surface area (Å²) in [5, 5.41) is 0. The molecule has 0 aromatic carbocycles. The Morgan fingerprint density at radius 2 is 1.25 bits per heavy atom. The van der Waals surface area contributed by atoms with Crippen molar-refractivity contribution in [3.05, 3.63) is 0 Å². The second-order valence-corrected chi connectivity index (χ2v) is 5.13. The minimum Gasteiger partial charge on any atom is -0.235 e. The molecule has 0 heterocycles. The standard InChI is InChI=1S/C11H24N/c1-9(2)12(10(3)4)8-11(5,6)7/h8-10H,1-7H3/q+1. The van der Waals surface area contributed by atoms with Crippen molar-refractivity contribution in [2.45, 2.75) is 60.5 Å². The molecule has 0 aromatic rings. The largest absolute Gasteiger partial charge is 0.235 e. The third kappa shape index (κ3) is 4.53. The molecule has 0 rings (SSSR count). The summed E-state index contributed by atoms with van der Waals surface area (Å²) in [5.41, 5.74) is 0.286. The average molecular weight is 170 g/mol. The predicted molar refractivity (Wildman–Crippen MR) is 56.1 cm³/mol. The number of rotatable bonds is 2. The van der Waals surface area contributed by atoms with Gasteiger partial charge in [-0.3, -0.25) is 0 Å². The zero-order valence-electron chi connectivity index (χ0n) is 9.68. The van der Waals surface area contributed by atoms with Gasteiger partial charge in [-0.2, -0.15) is 0 Å². The molecule has 0 aliphatic heterocycles. The van der Waals surface area contributed by atoms with Gasteiger partial charge in [0.25, 0.3) is 0 Å². The molecule has 0 spiro atoms. The highest BCUT2D eigenvalue weighted by atomic mass is 15.0. The van der Waals surface area contributed by atoms with E-state index in [0.29, 0.717) is 12.1 Å². The van der Waals surface area contributed by atoms with Crippen LogP contribution in [0.3, 0.4) is 0 Å². The highest BCUT2D eigenvalue weighted by Crippen LogP contribution is 2.10. The number of hydrogen-bond donors (Lipinski definition) is 0. The second kappa shape index (κ2) is 4.06. The molecular weight excluding hydrogens is 146 g/mol. The van der Waals surface area contributed by atoms with Crippen LogP contribution >= 0.6 is 0 Å². The van der Waals surface area contributed by atoms with E-state index in [0.717, 1.165) is 0 Å². The molecule has 0 fully saturated rings. The Labute approximate surface area is 77.5 Å². The van der Waals surface area contributed by atoms with Gasteiger partial charge in [-0.05, 0) is 27.7 Å². The molecule has 0 aromatic heterocycles. The van der Waals surface area contributed by atoms with Gasteiger partial charge in [0.2, 0.25) is 0 Å². The van der Waals surface area contributed by atoms with Crippen LogP contribution in [-0.2, 0) is 0 Å². The van der Waals surface area contributed by atoms with Crippen LogP contribution in [0.4, 0.5) is 0 Å². The van der Waals surface area contributed by atoms with E-state index in [1.807, 2.05) is 0 Å². The molecule has 0 radical (unpaired) electrons. The first kappa shape index (κ1) is 11.7. The van der Waals surface area contributed by atoms with Crippen LogP contribution in [0.25, 0.3) is 0 Å². The van der Waals surface area contributed by atoms with Gasteiger partial charge in [-0.25, -0.2) is 4.58 Å². The van der Waals surface area contributed by atoms with E-state index in [1.165, 1.54) is 0 Å². The summed E-state index contributed by atoms with van der Waals surface area (Å²) in [5.74, 6) is 0. The maximum absolute atomic E-state index is 2.42. The molecule has 0 aliphatic rings. The molecule has 0 saturated carbocycles. The first-order valence-electron chi connectivity index (χ1n) is 4.87. The van der Waals surface area contributed by atoms with Gasteiger partial charge in [0.1, 0.15) is 18.3 Å². The molecule has 0 unspecified atom stereocenters. The summed E-state index contributed by atoms with van der Waals surface area (Å²) in [4.78, 5) is 0. The zero-order chi connectivity index (χ0) is 9.94. The summed E-state index contributed by atoms with van der Waals surface area (Å²) in [6, 6.07) is 1.20. The summed E-state index contributed by atoms with van der Waals surface area (Å²) in [6.07, 6.45) is 2.34. The number of hydrogen-bond acceptors (Lipinski definition) is 0. The lowest BCUT2D eigenvalue weighted by molar-refractivity contribution is -0.586. The smallest absolute Gasteiger partial charge is 0.147 e. The fraction of sp³-hybridized carbons (Fsp3) is 0.909. The van der Waals surface area contributed by atoms with Crippen molar-refractivity contribution in [2.24, 2.45) is 5.41 Å². The molecule has 1 heteroatoms. The van der Waals surface area contributed by atoms with Crippen LogP contribution in [0, 0.1) is 5.41 Å². The van der Waals surface area contributed by atoms with Crippen molar-refractivity contribution < 1.29 is 4.58 Å². The van der Waals surface area contributed by atoms with Crippen molar-refractivity contribution in [3.8, 4) is 0 Å². The SMILES string of the molecule is CC(C)[N+](=CC(C)(C)C)C(C)C. The third-order valence-corrected chi connectivity index (χ3v) is 1.73. The molecule has 0 N–H and O–H groups in total. The summed E-state index contributed by atoms with van der Waals surface area (Å²) in [6.45, 7) is 15.7. The van der Waals surface area contributed by atoms with Gasteiger partial charge in [0.15, 0.2) is 0 Å². The van der Waals surface area contributed by atoms with Gasteiger partial charge >= 0.3 is 0 Å². The molecule has 0 atom stereocenters. The highest BCUT2D eigenvalue weighted by Gasteiger charge is 2.19. The minimum absolute atomic E-state index is 0.286. The molecule has 0 saturated heterocycles. The van der Waals surface area contributed by atoms with Gasteiger partial charge in [0.05, 0.1) is 0 Å². The topological polar surface area (TPSA) is 3.01 Å². The van der Waals surface area contributed by atoms with Gasteiger partial charge in [0, 0.05) is 5.41 Å². The van der Waals surface area contributed by atoms with Gasteiger partial charge < -0.3 is 0 Å². The molecule has 0 bridgehead atoms. The molecule has 1 nitrogen and oxygen atoms in total. The van der Waals surface area contributed by atoms with Crippen molar-refractivity contribution in [1.82, 2.24) is 0 Å². The quantitative estimate of drug-likeness (QED) is 0.443. The lowest BCUT2D eigenvalue weighted by atomic mass is 9.98. The third-order valence-electron chi connectivity index (χ3n) is 1.73. The van der Waals surface area contributed by atoms with Gasteiger partial charge in [-0.1, -0.05) is 20.8 Å². The average Bonchev–Trinajstić information content (AvgIpc) is 1.79. The van der Waals surface area contributed by atoms with E-state index in [2.05, 4.69) is 59.3 Å². The van der Waals surface area contributed by atoms with E-state index in [1.54, 1.807) is 0 Å². The highest BCUT2D eigenvalue weighted by molar-refractivity contribution is 5.58. The minimum atomic E-state index is 0.286. The Morgan fingerprint density at radius 1 is 0.917 bits per heavy atom. The van der Waals surface area contributed by atoms with Crippen LogP contribution < -0.4 is 0 Å². The first-order chi connectivity index (χ1) is 5.24. The predicted octanol–water partition coefficient (Wildman–Crippen LogP) is 2.93. The maximum Gasteiger partial charge on any atom is 0.147 e. The van der Waals surface area contributed by atoms with Gasteiger partial charge in [-0.15, -0.1) is 0 Å². The molecule has 12 heavy (non-hydrogen) atoms. The Bertz CT molecular complexity index is 148. The van der Waals surface area contributed by atoms with Crippen LogP contribution in [-0.4, -0.2) is 22.9 Å². The molecular formula is C11H24N+. The van der Waals surface area contributed by atoms with Crippen molar-refractivity contribution in [2.75, 3.05) is 0 Å². The second-order valence-electron chi connectivity index (χ2n) is 5.13. The van der Waals surface area contributed by atoms with Crippen molar-refractivity contribution in [1.29, 1.82) is 0 Å². The van der Waals surface area contributed by atoms with Crippen LogP contribution in [0.1, 0.15) is 48.5 Å². The molecule has 0 amide bonds. The van der Waals surface area contributed by atoms with E-state index >= 15 is 0 Å². The zero-order valence-corrected chi connectivity index (χ0v) is 9.68. The monoisotopic (exact) mass is 170 g/mol.